The van der Waals surface area contributed by atoms with Crippen LogP contribution in [0.2, 0.25) is 0 Å². The monoisotopic (exact) mass is 462 g/mol. The average Bonchev–Trinajstić information content (AvgIpc) is 3.03. The molecule has 1 aliphatic rings. The lowest BCUT2D eigenvalue weighted by atomic mass is 10.2. The van der Waals surface area contributed by atoms with Crippen molar-refractivity contribution in [2.45, 2.75) is 4.90 Å². The van der Waals surface area contributed by atoms with Gasteiger partial charge >= 0.3 is 0 Å². The maximum absolute atomic E-state index is 12.1. The second kappa shape index (κ2) is 9.20. The fraction of sp³-hybridized carbons (Fsp3) is 0.105. The number of sulfonamides is 1. The maximum Gasteiger partial charge on any atom is 0.264 e. The van der Waals surface area contributed by atoms with Gasteiger partial charge in [-0.1, -0.05) is 6.07 Å². The topological polar surface area (TPSA) is 161 Å². The van der Waals surface area contributed by atoms with Crippen molar-refractivity contribution in [1.29, 1.82) is 5.41 Å². The van der Waals surface area contributed by atoms with E-state index in [0.717, 1.165) is 11.8 Å². The lowest BCUT2D eigenvalue weighted by molar-refractivity contribution is -0.118. The highest BCUT2D eigenvalue weighted by atomic mass is 32.2. The number of methoxy groups -OCH3 is 1. The third kappa shape index (κ3) is 5.84. The van der Waals surface area contributed by atoms with Crippen LogP contribution in [0.1, 0.15) is 5.56 Å². The van der Waals surface area contributed by atoms with Gasteiger partial charge in [0.15, 0.2) is 23.3 Å². The van der Waals surface area contributed by atoms with Gasteiger partial charge in [-0.15, -0.1) is 0 Å². The fourth-order valence-electron chi connectivity index (χ4n) is 2.55. The first-order valence-corrected chi connectivity index (χ1v) is 11.0. The molecule has 1 heterocycles. The molecule has 0 bridgehead atoms. The van der Waals surface area contributed by atoms with Crippen LogP contribution in [0.3, 0.4) is 0 Å². The van der Waals surface area contributed by atoms with E-state index in [9.17, 15) is 18.0 Å². The van der Waals surface area contributed by atoms with Crippen molar-refractivity contribution in [3.8, 4) is 11.5 Å². The number of hydrogen-bond acceptors (Lipinski definition) is 8. The third-order valence-electron chi connectivity index (χ3n) is 3.97. The molecule has 162 valence electrons. The van der Waals surface area contributed by atoms with E-state index < -0.39 is 15.9 Å². The van der Waals surface area contributed by atoms with Gasteiger partial charge < -0.3 is 20.1 Å². The van der Waals surface area contributed by atoms with Crippen LogP contribution in [-0.4, -0.2) is 39.1 Å². The minimum Gasteiger partial charge on any atom is -0.493 e. The number of thioether (sulfide) groups is 1. The number of primary sulfonamides is 1. The Labute approximate surface area is 182 Å². The predicted octanol–water partition coefficient (Wildman–Crippen LogP) is 1.50. The van der Waals surface area contributed by atoms with Gasteiger partial charge in [0.2, 0.25) is 10.0 Å². The summed E-state index contributed by atoms with van der Waals surface area (Å²) >= 11 is 1.02. The Balaban J connectivity index is 1.63. The second-order valence-electron chi connectivity index (χ2n) is 6.21. The van der Waals surface area contributed by atoms with Gasteiger partial charge in [-0.05, 0) is 59.8 Å². The molecular formula is C19H18N4O6S2. The molecule has 5 N–H and O–H groups in total. The van der Waals surface area contributed by atoms with Crippen molar-refractivity contribution >= 4 is 50.5 Å². The number of amides is 2. The number of ether oxygens (including phenoxy) is 2. The summed E-state index contributed by atoms with van der Waals surface area (Å²) in [4.78, 5) is 24.2. The number of rotatable bonds is 7. The molecule has 1 saturated heterocycles. The van der Waals surface area contributed by atoms with Crippen LogP contribution in [0.4, 0.5) is 5.69 Å². The number of nitrogens with one attached hydrogen (secondary N) is 3. The van der Waals surface area contributed by atoms with Gasteiger partial charge in [0.1, 0.15) is 0 Å². The normalized spacial score (nSPS) is 15.0. The summed E-state index contributed by atoms with van der Waals surface area (Å²) in [6, 6.07) is 10.3. The van der Waals surface area contributed by atoms with Crippen molar-refractivity contribution in [2.75, 3.05) is 19.0 Å². The Morgan fingerprint density at radius 1 is 1.23 bits per heavy atom. The molecule has 12 heteroatoms. The molecule has 31 heavy (non-hydrogen) atoms. The largest absolute Gasteiger partial charge is 0.493 e. The van der Waals surface area contributed by atoms with E-state index in [0.29, 0.717) is 27.7 Å². The first-order valence-electron chi connectivity index (χ1n) is 8.69. The number of carbonyl (C=O) groups is 2. The van der Waals surface area contributed by atoms with E-state index in [-0.39, 0.29) is 22.6 Å². The Morgan fingerprint density at radius 2 is 1.94 bits per heavy atom. The SMILES string of the molecule is COc1cc(/C=C2\SC(=N)NC2=O)ccc1OCC(=O)Nc1ccc(S(N)(=O)=O)cc1. The van der Waals surface area contributed by atoms with Crippen molar-refractivity contribution < 1.29 is 27.5 Å². The van der Waals surface area contributed by atoms with Crippen LogP contribution in [0, 0.1) is 5.41 Å². The van der Waals surface area contributed by atoms with Crippen molar-refractivity contribution in [2.24, 2.45) is 5.14 Å². The number of carbonyl (C=O) groups excluding carboxylic acids is 2. The van der Waals surface area contributed by atoms with Crippen molar-refractivity contribution in [3.63, 3.8) is 0 Å². The molecular weight excluding hydrogens is 444 g/mol. The molecule has 3 rings (SSSR count). The summed E-state index contributed by atoms with van der Waals surface area (Å²) in [5.74, 6) is -0.129. The summed E-state index contributed by atoms with van der Waals surface area (Å²) in [7, 11) is -2.37. The quantitative estimate of drug-likeness (QED) is 0.453. The molecule has 0 radical (unpaired) electrons. The van der Waals surface area contributed by atoms with Gasteiger partial charge in [-0.2, -0.15) is 0 Å². The van der Waals surface area contributed by atoms with E-state index in [1.54, 1.807) is 24.3 Å². The second-order valence-corrected chi connectivity index (χ2v) is 8.82. The zero-order valence-electron chi connectivity index (χ0n) is 16.2. The van der Waals surface area contributed by atoms with E-state index in [1.165, 1.54) is 31.4 Å². The lowest BCUT2D eigenvalue weighted by Gasteiger charge is -2.12. The molecule has 10 nitrogen and oxygen atoms in total. The molecule has 0 atom stereocenters. The zero-order chi connectivity index (χ0) is 22.6. The highest BCUT2D eigenvalue weighted by Crippen LogP contribution is 2.31. The van der Waals surface area contributed by atoms with Crippen LogP contribution in [0.5, 0.6) is 11.5 Å². The van der Waals surface area contributed by atoms with Gasteiger partial charge in [0.25, 0.3) is 11.8 Å². The number of benzene rings is 2. The van der Waals surface area contributed by atoms with Gasteiger partial charge in [0.05, 0.1) is 16.9 Å². The van der Waals surface area contributed by atoms with Crippen LogP contribution in [0.25, 0.3) is 6.08 Å². The third-order valence-corrected chi connectivity index (χ3v) is 5.73. The number of amidine groups is 1. The van der Waals surface area contributed by atoms with E-state index in [4.69, 9.17) is 20.0 Å². The van der Waals surface area contributed by atoms with Crippen molar-refractivity contribution in [3.05, 3.63) is 52.9 Å². The summed E-state index contributed by atoms with van der Waals surface area (Å²) in [6.45, 7) is -0.316. The van der Waals surface area contributed by atoms with Crippen LogP contribution in [-0.2, 0) is 19.6 Å². The van der Waals surface area contributed by atoms with Gasteiger partial charge in [-0.3, -0.25) is 15.0 Å². The highest BCUT2D eigenvalue weighted by molar-refractivity contribution is 8.18. The molecule has 2 aromatic rings. The van der Waals surface area contributed by atoms with E-state index in [1.807, 2.05) is 0 Å². The molecule has 0 unspecified atom stereocenters. The average molecular weight is 463 g/mol. The Bertz CT molecular complexity index is 1180. The number of anilines is 1. The van der Waals surface area contributed by atoms with Gasteiger partial charge in [0, 0.05) is 5.69 Å². The Kier molecular flexibility index (Phi) is 6.63. The first-order chi connectivity index (χ1) is 14.7. The smallest absolute Gasteiger partial charge is 0.264 e. The Morgan fingerprint density at radius 3 is 2.52 bits per heavy atom. The zero-order valence-corrected chi connectivity index (χ0v) is 17.8. The van der Waals surface area contributed by atoms with Crippen LogP contribution in [0.15, 0.2) is 52.3 Å². The molecule has 0 saturated carbocycles. The molecule has 1 aliphatic heterocycles. The standard InChI is InChI=1S/C19H18N4O6S2/c1-28-15-8-11(9-16-18(25)23-19(20)30-16)2-7-14(15)29-10-17(24)22-12-3-5-13(6-4-12)31(21,26)27/h2-9H,10H2,1H3,(H,22,24)(H2,20,23,25)(H2,21,26,27)/b16-9-. The van der Waals surface area contributed by atoms with Crippen LogP contribution < -0.4 is 25.2 Å². The van der Waals surface area contributed by atoms with Gasteiger partial charge in [-0.25, -0.2) is 13.6 Å². The fourth-order valence-corrected chi connectivity index (χ4v) is 3.77. The minimum absolute atomic E-state index is 0.0631. The van der Waals surface area contributed by atoms with Crippen LogP contribution >= 0.6 is 11.8 Å². The summed E-state index contributed by atoms with van der Waals surface area (Å²) in [5.41, 5.74) is 1.05. The summed E-state index contributed by atoms with van der Waals surface area (Å²) < 4.78 is 33.3. The molecule has 0 aliphatic carbocycles. The lowest BCUT2D eigenvalue weighted by Crippen LogP contribution is -2.20. The van der Waals surface area contributed by atoms with E-state index >= 15 is 0 Å². The molecule has 0 spiro atoms. The summed E-state index contributed by atoms with van der Waals surface area (Å²) in [6.07, 6.45) is 1.62. The maximum atomic E-state index is 12.1. The summed E-state index contributed by atoms with van der Waals surface area (Å²) in [5, 5.41) is 17.5. The predicted molar refractivity (Wildman–Crippen MR) is 116 cm³/mol. The Hall–Kier alpha value is -3.35. The molecule has 0 aromatic heterocycles. The molecule has 2 amide bonds. The first kappa shape index (κ1) is 22.3. The number of nitrogens with two attached hydrogens (primary N) is 1. The highest BCUT2D eigenvalue weighted by Gasteiger charge is 2.22. The van der Waals surface area contributed by atoms with E-state index in [2.05, 4.69) is 10.6 Å². The number of hydrogen-bond donors (Lipinski definition) is 4. The minimum atomic E-state index is -3.81. The molecule has 2 aromatic carbocycles. The van der Waals surface area contributed by atoms with Crippen molar-refractivity contribution in [1.82, 2.24) is 5.32 Å². The molecule has 1 fully saturated rings.